The van der Waals surface area contributed by atoms with Crippen LogP contribution in [0.5, 0.6) is 0 Å². The molecule has 0 radical (unpaired) electrons. The first-order valence-corrected chi connectivity index (χ1v) is 6.73. The monoisotopic (exact) mass is 268 g/mol. The normalized spacial score (nSPS) is 27.9. The SMILES string of the molecule is CC1OCCC1(CN)N(C)Cc1cccc(Cl)c1. The number of hydrogen-bond acceptors (Lipinski definition) is 3. The van der Waals surface area contributed by atoms with Crippen molar-refractivity contribution in [3.63, 3.8) is 0 Å². The maximum Gasteiger partial charge on any atom is 0.0743 e. The number of likely N-dealkylation sites (N-methyl/N-ethyl adjacent to an activating group) is 1. The number of hydrogen-bond donors (Lipinski definition) is 1. The minimum atomic E-state index is -0.0533. The van der Waals surface area contributed by atoms with Gasteiger partial charge in [0.15, 0.2) is 0 Å². The van der Waals surface area contributed by atoms with Crippen LogP contribution in [0, 0.1) is 0 Å². The molecule has 2 N–H and O–H groups in total. The Kier molecular flexibility index (Phi) is 4.28. The highest BCUT2D eigenvalue weighted by Crippen LogP contribution is 2.31. The van der Waals surface area contributed by atoms with E-state index in [0.29, 0.717) is 6.54 Å². The van der Waals surface area contributed by atoms with Crippen molar-refractivity contribution in [2.24, 2.45) is 5.73 Å². The van der Waals surface area contributed by atoms with Gasteiger partial charge in [-0.15, -0.1) is 0 Å². The highest BCUT2D eigenvalue weighted by Gasteiger charge is 2.43. The predicted molar refractivity (Wildman–Crippen MR) is 74.7 cm³/mol. The lowest BCUT2D eigenvalue weighted by Gasteiger charge is -2.40. The second kappa shape index (κ2) is 5.57. The van der Waals surface area contributed by atoms with E-state index < -0.39 is 0 Å². The molecule has 0 bridgehead atoms. The van der Waals surface area contributed by atoms with Gasteiger partial charge in [-0.3, -0.25) is 4.90 Å². The van der Waals surface area contributed by atoms with Gasteiger partial charge in [-0.2, -0.15) is 0 Å². The van der Waals surface area contributed by atoms with Crippen molar-refractivity contribution in [1.82, 2.24) is 4.90 Å². The van der Waals surface area contributed by atoms with Gasteiger partial charge >= 0.3 is 0 Å². The van der Waals surface area contributed by atoms with Crippen molar-refractivity contribution in [2.75, 3.05) is 20.2 Å². The summed E-state index contributed by atoms with van der Waals surface area (Å²) in [6.07, 6.45) is 1.16. The van der Waals surface area contributed by atoms with E-state index in [1.165, 1.54) is 5.56 Å². The van der Waals surface area contributed by atoms with Gasteiger partial charge in [0.25, 0.3) is 0 Å². The van der Waals surface area contributed by atoms with E-state index >= 15 is 0 Å². The summed E-state index contributed by atoms with van der Waals surface area (Å²) in [6, 6.07) is 7.97. The van der Waals surface area contributed by atoms with E-state index in [9.17, 15) is 0 Å². The molecule has 1 aromatic rings. The summed E-state index contributed by atoms with van der Waals surface area (Å²) in [5.41, 5.74) is 7.15. The molecule has 1 saturated heterocycles. The Hall–Kier alpha value is -0.610. The van der Waals surface area contributed by atoms with Gasteiger partial charge in [0.1, 0.15) is 0 Å². The first kappa shape index (κ1) is 13.8. The molecule has 0 saturated carbocycles. The molecule has 3 nitrogen and oxygen atoms in total. The van der Waals surface area contributed by atoms with E-state index in [2.05, 4.69) is 24.9 Å². The highest BCUT2D eigenvalue weighted by molar-refractivity contribution is 6.30. The van der Waals surface area contributed by atoms with E-state index in [4.69, 9.17) is 22.1 Å². The Labute approximate surface area is 114 Å². The smallest absolute Gasteiger partial charge is 0.0743 e. The van der Waals surface area contributed by atoms with Crippen LogP contribution in [0.2, 0.25) is 5.02 Å². The van der Waals surface area contributed by atoms with Crippen LogP contribution < -0.4 is 5.73 Å². The molecule has 1 aliphatic heterocycles. The molecule has 100 valence electrons. The zero-order valence-corrected chi connectivity index (χ0v) is 11.8. The van der Waals surface area contributed by atoms with Gasteiger partial charge in [0.05, 0.1) is 11.6 Å². The van der Waals surface area contributed by atoms with Gasteiger partial charge in [0.2, 0.25) is 0 Å². The second-order valence-corrected chi connectivity index (χ2v) is 5.49. The number of nitrogens with two attached hydrogens (primary N) is 1. The van der Waals surface area contributed by atoms with Crippen molar-refractivity contribution in [3.05, 3.63) is 34.9 Å². The summed E-state index contributed by atoms with van der Waals surface area (Å²) in [7, 11) is 2.11. The highest BCUT2D eigenvalue weighted by atomic mass is 35.5. The fraction of sp³-hybridized carbons (Fsp3) is 0.571. The van der Waals surface area contributed by atoms with E-state index in [-0.39, 0.29) is 11.6 Å². The summed E-state index contributed by atoms with van der Waals surface area (Å²) < 4.78 is 5.69. The molecule has 1 aromatic carbocycles. The van der Waals surface area contributed by atoms with Crippen molar-refractivity contribution >= 4 is 11.6 Å². The molecule has 18 heavy (non-hydrogen) atoms. The first-order chi connectivity index (χ1) is 8.58. The number of halogens is 1. The van der Waals surface area contributed by atoms with Crippen LogP contribution in [0.25, 0.3) is 0 Å². The number of nitrogens with zero attached hydrogens (tertiary/aromatic N) is 1. The maximum atomic E-state index is 6.02. The fourth-order valence-electron chi connectivity index (χ4n) is 2.76. The van der Waals surface area contributed by atoms with E-state index in [1.807, 2.05) is 18.2 Å². The third-order valence-electron chi connectivity index (χ3n) is 4.08. The summed E-state index contributed by atoms with van der Waals surface area (Å²) in [4.78, 5) is 2.30. The molecular weight excluding hydrogens is 248 g/mol. The molecule has 2 atom stereocenters. The Bertz CT molecular complexity index is 413. The molecule has 1 heterocycles. The maximum absolute atomic E-state index is 6.02. The fourth-order valence-corrected chi connectivity index (χ4v) is 2.98. The molecule has 1 aliphatic rings. The topological polar surface area (TPSA) is 38.5 Å². The van der Waals surface area contributed by atoms with Crippen LogP contribution in [-0.2, 0) is 11.3 Å². The lowest BCUT2D eigenvalue weighted by atomic mass is 9.90. The summed E-state index contributed by atoms with van der Waals surface area (Å²) in [5.74, 6) is 0. The molecule has 0 aromatic heterocycles. The Morgan fingerprint density at radius 1 is 1.56 bits per heavy atom. The number of benzene rings is 1. The largest absolute Gasteiger partial charge is 0.376 e. The average molecular weight is 269 g/mol. The standard InChI is InChI=1S/C14H21ClN2O/c1-11-14(10-16,6-7-18-11)17(2)9-12-4-3-5-13(15)8-12/h3-5,8,11H,6-7,9-10,16H2,1-2H3. The zero-order chi connectivity index (χ0) is 13.2. The van der Waals surface area contributed by atoms with E-state index in [0.717, 1.165) is 24.6 Å². The summed E-state index contributed by atoms with van der Waals surface area (Å²) in [6.45, 7) is 4.35. The van der Waals surface area contributed by atoms with Crippen molar-refractivity contribution < 1.29 is 4.74 Å². The lowest BCUT2D eigenvalue weighted by molar-refractivity contribution is 0.0245. The summed E-state index contributed by atoms with van der Waals surface area (Å²) in [5, 5.41) is 0.776. The Morgan fingerprint density at radius 2 is 2.33 bits per heavy atom. The van der Waals surface area contributed by atoms with E-state index in [1.54, 1.807) is 0 Å². The van der Waals surface area contributed by atoms with Gasteiger partial charge in [-0.25, -0.2) is 0 Å². The second-order valence-electron chi connectivity index (χ2n) is 5.06. The molecule has 2 unspecified atom stereocenters. The predicted octanol–water partition coefficient (Wildman–Crippen LogP) is 2.28. The molecular formula is C14H21ClN2O. The van der Waals surface area contributed by atoms with Crippen molar-refractivity contribution in [1.29, 1.82) is 0 Å². The van der Waals surface area contributed by atoms with Crippen LogP contribution in [0.15, 0.2) is 24.3 Å². The molecule has 0 aliphatic carbocycles. The van der Waals surface area contributed by atoms with Crippen LogP contribution in [0.1, 0.15) is 18.9 Å². The third kappa shape index (κ3) is 2.54. The van der Waals surface area contributed by atoms with Crippen molar-refractivity contribution in [2.45, 2.75) is 31.5 Å². The summed E-state index contributed by atoms with van der Waals surface area (Å²) >= 11 is 6.02. The Balaban J connectivity index is 2.13. The minimum absolute atomic E-state index is 0.0533. The Morgan fingerprint density at radius 3 is 2.89 bits per heavy atom. The van der Waals surface area contributed by atoms with Gasteiger partial charge in [0, 0.05) is 24.7 Å². The quantitative estimate of drug-likeness (QED) is 0.911. The van der Waals surface area contributed by atoms with Crippen LogP contribution in [-0.4, -0.2) is 36.7 Å². The third-order valence-corrected chi connectivity index (χ3v) is 4.32. The van der Waals surface area contributed by atoms with Gasteiger partial charge in [-0.05, 0) is 38.1 Å². The number of ether oxygens (including phenoxy) is 1. The molecule has 0 amide bonds. The van der Waals surface area contributed by atoms with Crippen LogP contribution >= 0.6 is 11.6 Å². The van der Waals surface area contributed by atoms with Gasteiger partial charge < -0.3 is 10.5 Å². The first-order valence-electron chi connectivity index (χ1n) is 6.36. The zero-order valence-electron chi connectivity index (χ0n) is 11.0. The van der Waals surface area contributed by atoms with Crippen LogP contribution in [0.4, 0.5) is 0 Å². The molecule has 0 spiro atoms. The number of rotatable bonds is 4. The minimum Gasteiger partial charge on any atom is -0.376 e. The van der Waals surface area contributed by atoms with Crippen molar-refractivity contribution in [3.8, 4) is 0 Å². The average Bonchev–Trinajstić information content (AvgIpc) is 2.71. The molecule has 2 rings (SSSR count). The molecule has 4 heteroatoms. The van der Waals surface area contributed by atoms with Crippen LogP contribution in [0.3, 0.4) is 0 Å². The lowest BCUT2D eigenvalue weighted by Crippen LogP contribution is -2.56. The molecule has 1 fully saturated rings. The van der Waals surface area contributed by atoms with Gasteiger partial charge in [-0.1, -0.05) is 23.7 Å².